The molecule has 0 amide bonds. The van der Waals surface area contributed by atoms with E-state index in [-0.39, 0.29) is 6.73 Å². The van der Waals surface area contributed by atoms with Gasteiger partial charge < -0.3 is 10.8 Å². The summed E-state index contributed by atoms with van der Waals surface area (Å²) in [6.07, 6.45) is 2.93. The van der Waals surface area contributed by atoms with Gasteiger partial charge in [-0.25, -0.2) is 0 Å². The highest BCUT2D eigenvalue weighted by Gasteiger charge is 1.91. The molecule has 3 nitrogen and oxygen atoms in total. The summed E-state index contributed by atoms with van der Waals surface area (Å²) in [5.41, 5.74) is 6.59. The van der Waals surface area contributed by atoms with Crippen molar-refractivity contribution < 1.29 is 5.11 Å². The fraction of sp³-hybridized carbons (Fsp3) is 0.714. The second-order valence-corrected chi connectivity index (χ2v) is 2.07. The number of rotatable bonds is 5. The van der Waals surface area contributed by atoms with E-state index in [1.54, 1.807) is 0 Å². The Morgan fingerprint density at radius 2 is 2.40 bits per heavy atom. The van der Waals surface area contributed by atoms with E-state index in [0.717, 1.165) is 13.0 Å². The fourth-order valence-corrected chi connectivity index (χ4v) is 0.737. The first kappa shape index (κ1) is 9.62. The molecule has 0 aromatic heterocycles. The zero-order chi connectivity index (χ0) is 7.82. The van der Waals surface area contributed by atoms with E-state index >= 15 is 0 Å². The quantitative estimate of drug-likeness (QED) is 0.370. The normalized spacial score (nSPS) is 12.1. The summed E-state index contributed by atoms with van der Waals surface area (Å²) in [5.74, 6) is 0. The van der Waals surface area contributed by atoms with E-state index in [2.05, 4.69) is 5.32 Å². The van der Waals surface area contributed by atoms with Crippen molar-refractivity contribution in [3.05, 3.63) is 11.6 Å². The summed E-state index contributed by atoms with van der Waals surface area (Å²) < 4.78 is 0. The van der Waals surface area contributed by atoms with E-state index in [1.807, 2.05) is 13.0 Å². The molecule has 0 atom stereocenters. The van der Waals surface area contributed by atoms with Gasteiger partial charge in [-0.05, 0) is 19.9 Å². The van der Waals surface area contributed by atoms with Crippen molar-refractivity contribution in [2.45, 2.75) is 13.3 Å². The summed E-state index contributed by atoms with van der Waals surface area (Å²) in [6.45, 7) is 3.42. The lowest BCUT2D eigenvalue weighted by Crippen LogP contribution is -2.19. The van der Waals surface area contributed by atoms with Gasteiger partial charge in [-0.15, -0.1) is 0 Å². The first-order chi connectivity index (χ1) is 4.85. The molecule has 0 aromatic carbocycles. The maximum absolute atomic E-state index is 8.41. The second kappa shape index (κ2) is 6.74. The third-order valence-corrected chi connectivity index (χ3v) is 1.34. The minimum absolute atomic E-state index is 0.0297. The number of aliphatic hydroxyl groups is 1. The van der Waals surface area contributed by atoms with Crippen LogP contribution in [0.15, 0.2) is 11.6 Å². The number of nitrogens with one attached hydrogen (secondary N) is 1. The van der Waals surface area contributed by atoms with Crippen molar-refractivity contribution in [2.75, 3.05) is 19.8 Å². The van der Waals surface area contributed by atoms with Gasteiger partial charge in [0, 0.05) is 6.54 Å². The van der Waals surface area contributed by atoms with Crippen LogP contribution in [-0.2, 0) is 0 Å². The minimum Gasteiger partial charge on any atom is -0.381 e. The van der Waals surface area contributed by atoms with Crippen molar-refractivity contribution in [1.82, 2.24) is 5.32 Å². The summed E-state index contributed by atoms with van der Waals surface area (Å²) in [4.78, 5) is 0. The molecule has 0 saturated heterocycles. The molecule has 4 N–H and O–H groups in total. The van der Waals surface area contributed by atoms with Gasteiger partial charge in [0.25, 0.3) is 0 Å². The molecule has 0 bridgehead atoms. The Kier molecular flexibility index (Phi) is 6.48. The zero-order valence-corrected chi connectivity index (χ0v) is 6.43. The zero-order valence-electron chi connectivity index (χ0n) is 6.43. The average Bonchev–Trinajstić information content (AvgIpc) is 1.98. The van der Waals surface area contributed by atoms with Gasteiger partial charge in [-0.1, -0.05) is 11.6 Å². The molecule has 0 rings (SSSR count). The molecule has 0 aromatic rings. The highest BCUT2D eigenvalue weighted by molar-refractivity contribution is 5.02. The first-order valence-electron chi connectivity index (χ1n) is 3.50. The molecule has 0 heterocycles. The van der Waals surface area contributed by atoms with Gasteiger partial charge in [0.2, 0.25) is 0 Å². The van der Waals surface area contributed by atoms with Gasteiger partial charge in [-0.2, -0.15) is 0 Å². The van der Waals surface area contributed by atoms with Crippen LogP contribution in [0.1, 0.15) is 13.3 Å². The Bertz CT molecular complexity index is 102. The predicted octanol–water partition coefficient (Wildman–Crippen LogP) is -0.179. The Labute approximate surface area is 61.9 Å². The van der Waals surface area contributed by atoms with Crippen molar-refractivity contribution in [3.8, 4) is 0 Å². The van der Waals surface area contributed by atoms with E-state index < -0.39 is 0 Å². The minimum atomic E-state index is 0.0297. The second-order valence-electron chi connectivity index (χ2n) is 2.07. The molecule has 0 unspecified atom stereocenters. The van der Waals surface area contributed by atoms with Crippen molar-refractivity contribution in [2.24, 2.45) is 5.73 Å². The monoisotopic (exact) mass is 144 g/mol. The predicted molar refractivity (Wildman–Crippen MR) is 42.5 cm³/mol. The highest BCUT2D eigenvalue weighted by atomic mass is 16.3. The van der Waals surface area contributed by atoms with Crippen LogP contribution >= 0.6 is 0 Å². The molecule has 0 radical (unpaired) electrons. The molecule has 60 valence electrons. The summed E-state index contributed by atoms with van der Waals surface area (Å²) in [7, 11) is 0. The van der Waals surface area contributed by atoms with Gasteiger partial charge in [0.1, 0.15) is 0 Å². The van der Waals surface area contributed by atoms with Gasteiger partial charge >= 0.3 is 0 Å². The number of allylic oxidation sites excluding steroid dienone is 1. The Morgan fingerprint density at radius 1 is 1.70 bits per heavy atom. The molecular formula is C7H16N2O. The Morgan fingerprint density at radius 3 is 2.80 bits per heavy atom. The van der Waals surface area contributed by atoms with Crippen molar-refractivity contribution in [1.29, 1.82) is 0 Å². The van der Waals surface area contributed by atoms with Crippen molar-refractivity contribution in [3.63, 3.8) is 0 Å². The first-order valence-corrected chi connectivity index (χ1v) is 3.50. The van der Waals surface area contributed by atoms with Crippen LogP contribution < -0.4 is 11.1 Å². The highest BCUT2D eigenvalue weighted by Crippen LogP contribution is 1.96. The molecule has 0 aliphatic rings. The fourth-order valence-electron chi connectivity index (χ4n) is 0.737. The Balaban J connectivity index is 3.41. The summed E-state index contributed by atoms with van der Waals surface area (Å²) >= 11 is 0. The number of aliphatic hydroxyl groups excluding tert-OH is 1. The van der Waals surface area contributed by atoms with Gasteiger partial charge in [-0.3, -0.25) is 5.32 Å². The van der Waals surface area contributed by atoms with Gasteiger partial charge in [0.15, 0.2) is 0 Å². The molecule has 10 heavy (non-hydrogen) atoms. The third-order valence-electron chi connectivity index (χ3n) is 1.34. The average molecular weight is 144 g/mol. The Hall–Kier alpha value is -0.380. The molecule has 0 aliphatic heterocycles. The largest absolute Gasteiger partial charge is 0.381 e. The van der Waals surface area contributed by atoms with Crippen LogP contribution in [0, 0.1) is 0 Å². The van der Waals surface area contributed by atoms with Crippen LogP contribution in [0.2, 0.25) is 0 Å². The topological polar surface area (TPSA) is 58.3 Å². The molecule has 0 saturated carbocycles. The molecule has 0 spiro atoms. The van der Waals surface area contributed by atoms with E-state index in [4.69, 9.17) is 10.8 Å². The maximum Gasteiger partial charge on any atom is 0.0934 e. The lowest BCUT2D eigenvalue weighted by atomic mass is 10.2. The van der Waals surface area contributed by atoms with E-state index in [0.29, 0.717) is 6.54 Å². The number of hydrogen-bond acceptors (Lipinski definition) is 3. The lowest BCUT2D eigenvalue weighted by molar-refractivity contribution is 0.265. The molecule has 3 heteroatoms. The van der Waals surface area contributed by atoms with Crippen molar-refractivity contribution >= 4 is 0 Å². The van der Waals surface area contributed by atoms with Crippen LogP contribution in [0.5, 0.6) is 0 Å². The number of hydrogen-bond donors (Lipinski definition) is 3. The SMILES string of the molecule is CC=C(CCN)CNCO. The summed E-state index contributed by atoms with van der Waals surface area (Å²) in [5, 5.41) is 11.2. The smallest absolute Gasteiger partial charge is 0.0934 e. The van der Waals surface area contributed by atoms with Gasteiger partial charge in [0.05, 0.1) is 6.73 Å². The molecular weight excluding hydrogens is 128 g/mol. The third kappa shape index (κ3) is 4.49. The van der Waals surface area contributed by atoms with Crippen LogP contribution in [0.4, 0.5) is 0 Å². The van der Waals surface area contributed by atoms with Crippen LogP contribution in [-0.4, -0.2) is 24.9 Å². The molecule has 0 aliphatic carbocycles. The van der Waals surface area contributed by atoms with E-state index in [1.165, 1.54) is 5.57 Å². The maximum atomic E-state index is 8.41. The van der Waals surface area contributed by atoms with E-state index in [9.17, 15) is 0 Å². The molecule has 0 fully saturated rings. The van der Waals surface area contributed by atoms with Crippen LogP contribution in [0.3, 0.4) is 0 Å². The summed E-state index contributed by atoms with van der Waals surface area (Å²) in [6, 6.07) is 0. The number of nitrogens with two attached hydrogens (primary N) is 1. The standard InChI is InChI=1S/C7H16N2O/c1-2-7(3-4-8)5-9-6-10/h2,9-10H,3-6,8H2,1H3. The van der Waals surface area contributed by atoms with Crippen LogP contribution in [0.25, 0.3) is 0 Å². The lowest BCUT2D eigenvalue weighted by Gasteiger charge is -2.04.